The molecule has 0 aliphatic carbocycles. The van der Waals surface area contributed by atoms with Crippen LogP contribution >= 0.6 is 27.5 Å². The number of aryl methyl sites for hydroxylation is 2. The van der Waals surface area contributed by atoms with Crippen LogP contribution in [0.15, 0.2) is 12.1 Å². The van der Waals surface area contributed by atoms with Gasteiger partial charge in [0.25, 0.3) is 0 Å². The molecule has 0 atom stereocenters. The lowest BCUT2D eigenvalue weighted by Crippen LogP contribution is -2.08. The largest absolute Gasteiger partial charge is 0.491 e. The molecule has 16 heavy (non-hydrogen) atoms. The molecule has 2 nitrogen and oxygen atoms in total. The van der Waals surface area contributed by atoms with Crippen LogP contribution in [0.5, 0.6) is 5.75 Å². The Morgan fingerprint density at radius 2 is 1.75 bits per heavy atom. The van der Waals surface area contributed by atoms with Crippen LogP contribution in [0.3, 0.4) is 0 Å². The van der Waals surface area contributed by atoms with E-state index in [2.05, 4.69) is 15.9 Å². The summed E-state index contributed by atoms with van der Waals surface area (Å²) in [6.45, 7) is 5.83. The Morgan fingerprint density at radius 1 is 1.12 bits per heavy atom. The second kappa shape index (κ2) is 7.15. The Kier molecular flexibility index (Phi) is 6.17. The highest BCUT2D eigenvalue weighted by Crippen LogP contribution is 2.25. The molecule has 1 aromatic rings. The lowest BCUT2D eigenvalue weighted by molar-refractivity contribution is 0.112. The fourth-order valence-electron chi connectivity index (χ4n) is 1.36. The lowest BCUT2D eigenvalue weighted by Gasteiger charge is -2.10. The first kappa shape index (κ1) is 13.8. The number of halogens is 2. The molecule has 0 radical (unpaired) electrons. The zero-order chi connectivity index (χ0) is 12.0. The van der Waals surface area contributed by atoms with Gasteiger partial charge in [0.15, 0.2) is 0 Å². The molecule has 0 amide bonds. The van der Waals surface area contributed by atoms with Crippen molar-refractivity contribution < 1.29 is 9.47 Å². The molecular weight excluding hydrogens is 291 g/mol. The molecule has 0 aliphatic rings. The van der Waals surface area contributed by atoms with Crippen molar-refractivity contribution in [2.24, 2.45) is 0 Å². The molecule has 1 rings (SSSR count). The summed E-state index contributed by atoms with van der Waals surface area (Å²) in [5, 5.41) is 1.66. The summed E-state index contributed by atoms with van der Waals surface area (Å²) in [7, 11) is 0. The van der Waals surface area contributed by atoms with Gasteiger partial charge in [0.2, 0.25) is 0 Å². The highest BCUT2D eigenvalue weighted by Gasteiger charge is 2.03. The maximum Gasteiger partial charge on any atom is 0.120 e. The van der Waals surface area contributed by atoms with Crippen molar-refractivity contribution in [3.63, 3.8) is 0 Å². The predicted octanol–water partition coefficient (Wildman–Crippen LogP) is 3.75. The van der Waals surface area contributed by atoms with Crippen molar-refractivity contribution in [3.05, 3.63) is 28.3 Å². The van der Waals surface area contributed by atoms with E-state index in [1.54, 1.807) is 0 Å². The number of ether oxygens (including phenoxy) is 2. The van der Waals surface area contributed by atoms with Crippen LogP contribution in [0.25, 0.3) is 0 Å². The average molecular weight is 308 g/mol. The molecule has 0 aromatic heterocycles. The highest BCUT2D eigenvalue weighted by atomic mass is 79.9. The molecule has 0 heterocycles. The maximum atomic E-state index is 6.07. The van der Waals surface area contributed by atoms with Gasteiger partial charge < -0.3 is 9.47 Å². The van der Waals surface area contributed by atoms with E-state index in [1.807, 2.05) is 26.0 Å². The number of rotatable bonds is 6. The fraction of sp³-hybridized carbons (Fsp3) is 0.500. The Hall–Kier alpha value is -0.250. The molecule has 1 aromatic carbocycles. The third kappa shape index (κ3) is 4.32. The minimum atomic E-state index is 0.563. The predicted molar refractivity (Wildman–Crippen MR) is 71.0 cm³/mol. The van der Waals surface area contributed by atoms with Crippen molar-refractivity contribution in [1.82, 2.24) is 0 Å². The molecule has 0 bridgehead atoms. The van der Waals surface area contributed by atoms with Crippen LogP contribution in [0, 0.1) is 13.8 Å². The number of alkyl halides is 1. The number of benzene rings is 1. The van der Waals surface area contributed by atoms with Crippen LogP contribution in [0.1, 0.15) is 11.1 Å². The summed E-state index contributed by atoms with van der Waals surface area (Å²) in [5.74, 6) is 0.849. The Balaban J connectivity index is 2.43. The van der Waals surface area contributed by atoms with Gasteiger partial charge in [-0.1, -0.05) is 27.5 Å². The molecular formula is C12H16BrClO2. The third-order valence-electron chi connectivity index (χ3n) is 2.13. The molecule has 0 N–H and O–H groups in total. The van der Waals surface area contributed by atoms with Crippen molar-refractivity contribution >= 4 is 27.5 Å². The summed E-state index contributed by atoms with van der Waals surface area (Å²) < 4.78 is 10.9. The lowest BCUT2D eigenvalue weighted by atomic mass is 10.1. The van der Waals surface area contributed by atoms with Crippen LogP contribution in [-0.4, -0.2) is 25.2 Å². The summed E-state index contributed by atoms with van der Waals surface area (Å²) in [4.78, 5) is 0. The zero-order valence-electron chi connectivity index (χ0n) is 9.56. The second-order valence-electron chi connectivity index (χ2n) is 3.52. The zero-order valence-corrected chi connectivity index (χ0v) is 11.9. The van der Waals surface area contributed by atoms with E-state index in [0.717, 1.165) is 27.2 Å². The normalized spacial score (nSPS) is 10.5. The minimum absolute atomic E-state index is 0.563. The van der Waals surface area contributed by atoms with Gasteiger partial charge in [-0.2, -0.15) is 0 Å². The van der Waals surface area contributed by atoms with E-state index in [4.69, 9.17) is 21.1 Å². The van der Waals surface area contributed by atoms with Crippen molar-refractivity contribution in [2.45, 2.75) is 13.8 Å². The van der Waals surface area contributed by atoms with E-state index in [0.29, 0.717) is 19.8 Å². The average Bonchev–Trinajstić information content (AvgIpc) is 2.25. The standard InChI is InChI=1S/C12H16BrClO2/c1-9-7-11(8-10(2)12(9)14)16-6-5-15-4-3-13/h7-8H,3-6H2,1-2H3. The maximum absolute atomic E-state index is 6.07. The van der Waals surface area contributed by atoms with Crippen molar-refractivity contribution in [2.75, 3.05) is 25.2 Å². The molecule has 0 spiro atoms. The molecule has 90 valence electrons. The Labute approximate surface area is 110 Å². The van der Waals surface area contributed by atoms with Crippen LogP contribution < -0.4 is 4.74 Å². The molecule has 4 heteroatoms. The SMILES string of the molecule is Cc1cc(OCCOCCBr)cc(C)c1Cl. The van der Waals surface area contributed by atoms with Crippen molar-refractivity contribution in [1.29, 1.82) is 0 Å². The third-order valence-corrected chi connectivity index (χ3v) is 3.05. The first-order chi connectivity index (χ1) is 7.65. The molecule has 0 saturated carbocycles. The van der Waals surface area contributed by atoms with E-state index in [-0.39, 0.29) is 0 Å². The quantitative estimate of drug-likeness (QED) is 0.589. The van der Waals surface area contributed by atoms with Crippen molar-refractivity contribution in [3.8, 4) is 5.75 Å². The van der Waals surface area contributed by atoms with Crippen LogP contribution in [0.2, 0.25) is 5.02 Å². The van der Waals surface area contributed by atoms with E-state index < -0.39 is 0 Å². The van der Waals surface area contributed by atoms with Gasteiger partial charge in [-0.15, -0.1) is 0 Å². The monoisotopic (exact) mass is 306 g/mol. The first-order valence-corrected chi connectivity index (χ1v) is 6.68. The van der Waals surface area contributed by atoms with Gasteiger partial charge in [-0.25, -0.2) is 0 Å². The van der Waals surface area contributed by atoms with Gasteiger partial charge in [0.05, 0.1) is 13.2 Å². The summed E-state index contributed by atoms with van der Waals surface area (Å²) in [5.41, 5.74) is 2.08. The molecule has 0 saturated heterocycles. The van der Waals surface area contributed by atoms with E-state index >= 15 is 0 Å². The Morgan fingerprint density at radius 3 is 2.31 bits per heavy atom. The van der Waals surface area contributed by atoms with Gasteiger partial charge >= 0.3 is 0 Å². The number of hydrogen-bond donors (Lipinski definition) is 0. The Bertz CT molecular complexity index is 319. The van der Waals surface area contributed by atoms with Gasteiger partial charge in [-0.3, -0.25) is 0 Å². The smallest absolute Gasteiger partial charge is 0.120 e. The van der Waals surface area contributed by atoms with Crippen LogP contribution in [0.4, 0.5) is 0 Å². The summed E-state index contributed by atoms with van der Waals surface area (Å²) in [6, 6.07) is 3.89. The topological polar surface area (TPSA) is 18.5 Å². The highest BCUT2D eigenvalue weighted by molar-refractivity contribution is 9.09. The van der Waals surface area contributed by atoms with Gasteiger partial charge in [0.1, 0.15) is 12.4 Å². The van der Waals surface area contributed by atoms with E-state index in [9.17, 15) is 0 Å². The first-order valence-electron chi connectivity index (χ1n) is 5.18. The van der Waals surface area contributed by atoms with Gasteiger partial charge in [-0.05, 0) is 37.1 Å². The fourth-order valence-corrected chi connectivity index (χ4v) is 1.70. The van der Waals surface area contributed by atoms with E-state index in [1.165, 1.54) is 0 Å². The minimum Gasteiger partial charge on any atom is -0.491 e. The molecule has 0 unspecified atom stereocenters. The summed E-state index contributed by atoms with van der Waals surface area (Å²) >= 11 is 9.36. The van der Waals surface area contributed by atoms with Gasteiger partial charge in [0, 0.05) is 10.4 Å². The number of hydrogen-bond acceptors (Lipinski definition) is 2. The summed E-state index contributed by atoms with van der Waals surface area (Å²) in [6.07, 6.45) is 0. The molecule has 0 fully saturated rings. The second-order valence-corrected chi connectivity index (χ2v) is 4.69. The van der Waals surface area contributed by atoms with Crippen LogP contribution in [-0.2, 0) is 4.74 Å². The molecule has 0 aliphatic heterocycles.